The van der Waals surface area contributed by atoms with Crippen molar-refractivity contribution < 1.29 is 4.79 Å². The van der Waals surface area contributed by atoms with Crippen molar-refractivity contribution in [1.82, 2.24) is 19.7 Å². The monoisotopic (exact) mass is 416 g/mol. The number of likely N-dealkylation sites (tertiary alicyclic amines) is 1. The molecule has 28 heavy (non-hydrogen) atoms. The molecule has 1 amide bonds. The van der Waals surface area contributed by atoms with E-state index in [2.05, 4.69) is 10.2 Å². The molecule has 0 spiro atoms. The summed E-state index contributed by atoms with van der Waals surface area (Å²) in [6, 6.07) is 11.3. The number of aromatic nitrogens is 3. The van der Waals surface area contributed by atoms with Crippen LogP contribution in [0.15, 0.2) is 46.6 Å². The van der Waals surface area contributed by atoms with Gasteiger partial charge in [-0.15, -0.1) is 11.3 Å². The summed E-state index contributed by atoms with van der Waals surface area (Å²) >= 11 is 7.42. The Labute approximate surface area is 171 Å². The van der Waals surface area contributed by atoms with Gasteiger partial charge in [0.05, 0.1) is 6.42 Å². The molecule has 3 aromatic rings. The molecule has 146 valence electrons. The van der Waals surface area contributed by atoms with Crippen molar-refractivity contribution >= 4 is 28.8 Å². The maximum atomic E-state index is 12.6. The van der Waals surface area contributed by atoms with E-state index in [1.54, 1.807) is 4.57 Å². The number of amides is 1. The quantitative estimate of drug-likeness (QED) is 0.693. The molecule has 0 unspecified atom stereocenters. The van der Waals surface area contributed by atoms with Crippen LogP contribution >= 0.6 is 22.9 Å². The molecule has 8 heteroatoms. The average molecular weight is 417 g/mol. The normalized spacial score (nSPS) is 15.1. The highest BCUT2D eigenvalue weighted by Gasteiger charge is 2.25. The van der Waals surface area contributed by atoms with E-state index in [9.17, 15) is 9.59 Å². The van der Waals surface area contributed by atoms with Gasteiger partial charge < -0.3 is 4.90 Å². The summed E-state index contributed by atoms with van der Waals surface area (Å²) in [4.78, 5) is 26.6. The van der Waals surface area contributed by atoms with Crippen molar-refractivity contribution in [3.05, 3.63) is 68.7 Å². The van der Waals surface area contributed by atoms with E-state index in [1.807, 2.05) is 46.7 Å². The number of piperidine rings is 1. The van der Waals surface area contributed by atoms with Crippen molar-refractivity contribution in [3.63, 3.8) is 0 Å². The molecule has 4 rings (SSSR count). The molecule has 1 N–H and O–H groups in total. The standard InChI is InChI=1S/C20H21ClN4O2S/c21-16-5-3-14(4-6-16)13-18(26)24-9-7-15(8-10-24)12-17-22-23-20(27)25(17)19-2-1-11-28-19/h1-6,11,15H,7-10,12-13H2,(H,23,27). The lowest BCUT2D eigenvalue weighted by Gasteiger charge is -2.32. The Morgan fingerprint density at radius 3 is 2.64 bits per heavy atom. The second-order valence-electron chi connectivity index (χ2n) is 7.06. The van der Waals surface area contributed by atoms with Gasteiger partial charge in [-0.2, -0.15) is 5.10 Å². The van der Waals surface area contributed by atoms with Gasteiger partial charge in [0.15, 0.2) is 0 Å². The van der Waals surface area contributed by atoms with Crippen molar-refractivity contribution in [2.75, 3.05) is 13.1 Å². The predicted molar refractivity (Wildman–Crippen MR) is 110 cm³/mol. The second-order valence-corrected chi connectivity index (χ2v) is 8.43. The highest BCUT2D eigenvalue weighted by atomic mass is 35.5. The SMILES string of the molecule is O=C(Cc1ccc(Cl)cc1)N1CCC(Cc2n[nH]c(=O)n2-c2cccs2)CC1. The Balaban J connectivity index is 1.34. The van der Waals surface area contributed by atoms with E-state index in [-0.39, 0.29) is 11.6 Å². The molecule has 0 radical (unpaired) electrons. The molecule has 2 aromatic heterocycles. The van der Waals surface area contributed by atoms with E-state index >= 15 is 0 Å². The fourth-order valence-corrected chi connectivity index (χ4v) is 4.50. The first-order valence-corrected chi connectivity index (χ1v) is 10.6. The van der Waals surface area contributed by atoms with Gasteiger partial charge in [-0.1, -0.05) is 23.7 Å². The molecule has 3 heterocycles. The Hall–Kier alpha value is -2.38. The summed E-state index contributed by atoms with van der Waals surface area (Å²) in [5.74, 6) is 1.32. The number of aromatic amines is 1. The lowest BCUT2D eigenvalue weighted by atomic mass is 9.93. The number of rotatable bonds is 5. The summed E-state index contributed by atoms with van der Waals surface area (Å²) in [7, 11) is 0. The van der Waals surface area contributed by atoms with Crippen molar-refractivity contribution in [3.8, 4) is 5.00 Å². The minimum absolute atomic E-state index is 0.149. The van der Waals surface area contributed by atoms with Crippen LogP contribution < -0.4 is 5.69 Å². The summed E-state index contributed by atoms with van der Waals surface area (Å²) in [6.45, 7) is 1.48. The van der Waals surface area contributed by atoms with Crippen LogP contribution in [0, 0.1) is 5.92 Å². The van der Waals surface area contributed by atoms with Gasteiger partial charge in [0, 0.05) is 24.5 Å². The third-order valence-electron chi connectivity index (χ3n) is 5.18. The maximum absolute atomic E-state index is 12.6. The van der Waals surface area contributed by atoms with E-state index < -0.39 is 0 Å². The van der Waals surface area contributed by atoms with Crippen molar-refractivity contribution in [1.29, 1.82) is 0 Å². The predicted octanol–water partition coefficient (Wildman–Crippen LogP) is 3.30. The molecule has 6 nitrogen and oxygen atoms in total. The van der Waals surface area contributed by atoms with Gasteiger partial charge in [-0.3, -0.25) is 4.79 Å². The number of hydrogen-bond donors (Lipinski definition) is 1. The fraction of sp³-hybridized carbons (Fsp3) is 0.350. The van der Waals surface area contributed by atoms with Crippen LogP contribution in [0.2, 0.25) is 5.02 Å². The molecule has 1 fully saturated rings. The lowest BCUT2D eigenvalue weighted by molar-refractivity contribution is -0.131. The number of thiophene rings is 1. The fourth-order valence-electron chi connectivity index (χ4n) is 3.62. The van der Waals surface area contributed by atoms with Gasteiger partial charge in [0.25, 0.3) is 0 Å². The smallest absolute Gasteiger partial charge is 0.342 e. The van der Waals surface area contributed by atoms with Gasteiger partial charge in [0.2, 0.25) is 5.91 Å². The lowest BCUT2D eigenvalue weighted by Crippen LogP contribution is -2.39. The summed E-state index contributed by atoms with van der Waals surface area (Å²) < 4.78 is 1.66. The molecule has 1 aliphatic heterocycles. The van der Waals surface area contributed by atoms with E-state index in [0.29, 0.717) is 17.4 Å². The number of benzene rings is 1. The minimum Gasteiger partial charge on any atom is -0.342 e. The van der Waals surface area contributed by atoms with Crippen LogP contribution in [0.25, 0.3) is 5.00 Å². The first kappa shape index (κ1) is 19.0. The number of nitrogens with one attached hydrogen (secondary N) is 1. The number of halogens is 1. The second kappa shape index (κ2) is 8.32. The summed E-state index contributed by atoms with van der Waals surface area (Å²) in [6.07, 6.45) is 2.96. The zero-order valence-electron chi connectivity index (χ0n) is 15.3. The van der Waals surface area contributed by atoms with E-state index in [0.717, 1.165) is 48.7 Å². The third-order valence-corrected chi connectivity index (χ3v) is 6.28. The third kappa shape index (κ3) is 4.20. The first-order chi connectivity index (χ1) is 13.6. The van der Waals surface area contributed by atoms with Crippen LogP contribution in [-0.4, -0.2) is 38.7 Å². The molecule has 1 aliphatic rings. The van der Waals surface area contributed by atoms with Crippen molar-refractivity contribution in [2.45, 2.75) is 25.7 Å². The molecule has 1 saturated heterocycles. The highest BCUT2D eigenvalue weighted by Crippen LogP contribution is 2.23. The molecule has 0 atom stereocenters. The Morgan fingerprint density at radius 2 is 1.96 bits per heavy atom. The molecular weight excluding hydrogens is 396 g/mol. The van der Waals surface area contributed by atoms with Crippen LogP contribution in [0.4, 0.5) is 0 Å². The Bertz CT molecular complexity index is 986. The van der Waals surface area contributed by atoms with Gasteiger partial charge in [-0.25, -0.2) is 14.5 Å². The summed E-state index contributed by atoms with van der Waals surface area (Å²) in [5.41, 5.74) is 0.779. The van der Waals surface area contributed by atoms with Crippen LogP contribution in [-0.2, 0) is 17.6 Å². The molecule has 1 aromatic carbocycles. The van der Waals surface area contributed by atoms with Crippen LogP contribution in [0.1, 0.15) is 24.2 Å². The van der Waals surface area contributed by atoms with E-state index in [4.69, 9.17) is 11.6 Å². The first-order valence-electron chi connectivity index (χ1n) is 9.32. The Kier molecular flexibility index (Phi) is 5.64. The van der Waals surface area contributed by atoms with Gasteiger partial charge in [0.1, 0.15) is 10.8 Å². The summed E-state index contributed by atoms with van der Waals surface area (Å²) in [5, 5.41) is 10.3. The number of nitrogens with zero attached hydrogens (tertiary/aromatic N) is 3. The van der Waals surface area contributed by atoms with Crippen LogP contribution in [0.5, 0.6) is 0 Å². The maximum Gasteiger partial charge on any atom is 0.348 e. The molecule has 0 aliphatic carbocycles. The topological polar surface area (TPSA) is 71.0 Å². The van der Waals surface area contributed by atoms with Crippen LogP contribution in [0.3, 0.4) is 0 Å². The van der Waals surface area contributed by atoms with E-state index in [1.165, 1.54) is 11.3 Å². The van der Waals surface area contributed by atoms with Gasteiger partial charge >= 0.3 is 5.69 Å². The highest BCUT2D eigenvalue weighted by molar-refractivity contribution is 7.12. The average Bonchev–Trinajstić information content (AvgIpc) is 3.34. The number of H-pyrrole nitrogens is 1. The van der Waals surface area contributed by atoms with Crippen molar-refractivity contribution in [2.24, 2.45) is 5.92 Å². The minimum atomic E-state index is -0.201. The Morgan fingerprint density at radius 1 is 1.21 bits per heavy atom. The zero-order chi connectivity index (χ0) is 19.5. The molecule has 0 bridgehead atoms. The molecule has 0 saturated carbocycles. The number of carbonyl (C=O) groups excluding carboxylic acids is 1. The number of carbonyl (C=O) groups is 1. The largest absolute Gasteiger partial charge is 0.348 e. The number of hydrogen-bond acceptors (Lipinski definition) is 4. The van der Waals surface area contributed by atoms with Gasteiger partial charge in [-0.05, 0) is 54.0 Å². The zero-order valence-corrected chi connectivity index (χ0v) is 16.9. The molecular formula is C20H21ClN4O2S.